The van der Waals surface area contributed by atoms with Crippen LogP contribution in [0.5, 0.6) is 0 Å². The molecule has 1 fully saturated rings. The van der Waals surface area contributed by atoms with Crippen LogP contribution in [-0.2, 0) is 12.1 Å². The lowest BCUT2D eigenvalue weighted by atomic mass is 9.70. The maximum absolute atomic E-state index is 15.5. The molecule has 5 rings (SSSR count). The molecule has 1 unspecified atom stereocenters. The smallest absolute Gasteiger partial charge is 0.150 e. The molecule has 8 heteroatoms. The highest BCUT2D eigenvalue weighted by atomic mass is 19.1. The molecule has 2 N–H and O–H groups in total. The van der Waals surface area contributed by atoms with E-state index in [2.05, 4.69) is 19.9 Å². The molecule has 0 radical (unpaired) electrons. The molecule has 4 aromatic rings. The van der Waals surface area contributed by atoms with Gasteiger partial charge in [-0.2, -0.15) is 0 Å². The number of H-pyrrole nitrogens is 1. The minimum Gasteiger partial charge on any atom is -0.384 e. The van der Waals surface area contributed by atoms with Crippen molar-refractivity contribution in [1.29, 1.82) is 0 Å². The van der Waals surface area contributed by atoms with Crippen LogP contribution in [0.4, 0.5) is 13.2 Å². The third-order valence-electron chi connectivity index (χ3n) is 6.96. The van der Waals surface area contributed by atoms with Gasteiger partial charge in [0, 0.05) is 50.1 Å². The van der Waals surface area contributed by atoms with Crippen molar-refractivity contribution in [3.05, 3.63) is 83.7 Å². The van der Waals surface area contributed by atoms with E-state index >= 15 is 8.78 Å². The Morgan fingerprint density at radius 2 is 1.71 bits per heavy atom. The van der Waals surface area contributed by atoms with E-state index in [1.165, 1.54) is 12.3 Å². The third-order valence-corrected chi connectivity index (χ3v) is 6.96. The van der Waals surface area contributed by atoms with Gasteiger partial charge < -0.3 is 10.1 Å². The van der Waals surface area contributed by atoms with Crippen molar-refractivity contribution in [2.45, 2.75) is 26.0 Å². The van der Waals surface area contributed by atoms with Crippen LogP contribution in [0.25, 0.3) is 22.2 Å². The van der Waals surface area contributed by atoms with Gasteiger partial charge in [0.15, 0.2) is 5.82 Å². The summed E-state index contributed by atoms with van der Waals surface area (Å²) >= 11 is 0. The summed E-state index contributed by atoms with van der Waals surface area (Å²) in [5, 5.41) is 11.8. The first-order chi connectivity index (χ1) is 16.3. The highest BCUT2D eigenvalue weighted by molar-refractivity contribution is 5.93. The summed E-state index contributed by atoms with van der Waals surface area (Å²) in [6, 6.07) is 9.54. The zero-order chi connectivity index (χ0) is 24.0. The van der Waals surface area contributed by atoms with Crippen LogP contribution in [0, 0.1) is 29.3 Å². The number of pyridine rings is 2. The lowest BCUT2D eigenvalue weighted by Gasteiger charge is -2.48. The second-order valence-electron chi connectivity index (χ2n) is 9.18. The van der Waals surface area contributed by atoms with E-state index in [4.69, 9.17) is 0 Å². The summed E-state index contributed by atoms with van der Waals surface area (Å²) < 4.78 is 45.3. The molecule has 5 nitrogen and oxygen atoms in total. The van der Waals surface area contributed by atoms with Crippen LogP contribution in [0.2, 0.25) is 0 Å². The predicted octanol–water partition coefficient (Wildman–Crippen LogP) is 5.02. The number of piperidine rings is 1. The number of aromatic amines is 1. The van der Waals surface area contributed by atoms with E-state index in [0.717, 1.165) is 24.0 Å². The molecule has 34 heavy (non-hydrogen) atoms. The second kappa shape index (κ2) is 8.52. The first-order valence-electron chi connectivity index (χ1n) is 11.2. The Kier molecular flexibility index (Phi) is 5.65. The second-order valence-corrected chi connectivity index (χ2v) is 9.18. The number of hydrogen-bond acceptors (Lipinski definition) is 4. The average Bonchev–Trinajstić information content (AvgIpc) is 3.19. The summed E-state index contributed by atoms with van der Waals surface area (Å²) in [7, 11) is 0. The maximum Gasteiger partial charge on any atom is 0.150 e. The van der Waals surface area contributed by atoms with Gasteiger partial charge in [-0.3, -0.25) is 9.88 Å². The number of nitrogens with one attached hydrogen (secondary N) is 1. The standard InChI is InChI=1S/C26H25F3N4O/c1-15-12-33(14-18-5-3-4-7-30-18)13-16(2)26(15,34)24-20(27)9-17(10-21(24)28)19-6-8-31-25-23(19)22(29)11-32-25/h3-11,15-16,34H,12-14H2,1-2H3,(H,31,32)/t15-,16+,26?. The van der Waals surface area contributed by atoms with Crippen LogP contribution >= 0.6 is 0 Å². The molecule has 3 atom stereocenters. The molecular formula is C26H25F3N4O. The number of halogens is 3. The van der Waals surface area contributed by atoms with Crippen molar-refractivity contribution < 1.29 is 18.3 Å². The van der Waals surface area contributed by atoms with Crippen molar-refractivity contribution in [1.82, 2.24) is 19.9 Å². The van der Waals surface area contributed by atoms with Crippen LogP contribution in [0.3, 0.4) is 0 Å². The van der Waals surface area contributed by atoms with Crippen molar-refractivity contribution in [3.8, 4) is 11.1 Å². The Hall–Kier alpha value is -3.23. The zero-order valence-corrected chi connectivity index (χ0v) is 18.9. The Morgan fingerprint density at radius 1 is 1.00 bits per heavy atom. The van der Waals surface area contributed by atoms with Crippen molar-refractivity contribution in [2.75, 3.05) is 13.1 Å². The summed E-state index contributed by atoms with van der Waals surface area (Å²) in [6.07, 6.45) is 4.34. The third kappa shape index (κ3) is 3.67. The fourth-order valence-electron chi connectivity index (χ4n) is 5.32. The number of likely N-dealkylation sites (tertiary alicyclic amines) is 1. The Balaban J connectivity index is 1.49. The number of fused-ring (bicyclic) bond motifs is 1. The van der Waals surface area contributed by atoms with E-state index < -0.39 is 34.9 Å². The van der Waals surface area contributed by atoms with E-state index in [1.807, 2.05) is 18.2 Å². The van der Waals surface area contributed by atoms with E-state index in [0.29, 0.717) is 30.8 Å². The van der Waals surface area contributed by atoms with Gasteiger partial charge in [0.2, 0.25) is 0 Å². The predicted molar refractivity (Wildman–Crippen MR) is 123 cm³/mol. The van der Waals surface area contributed by atoms with E-state index in [-0.39, 0.29) is 16.5 Å². The number of aliphatic hydroxyl groups is 1. The number of hydrogen-bond donors (Lipinski definition) is 2. The number of nitrogens with zero attached hydrogens (tertiary/aromatic N) is 3. The average molecular weight is 467 g/mol. The molecule has 3 aromatic heterocycles. The molecule has 1 aliphatic rings. The zero-order valence-electron chi connectivity index (χ0n) is 18.9. The largest absolute Gasteiger partial charge is 0.384 e. The monoisotopic (exact) mass is 466 g/mol. The molecule has 1 aromatic carbocycles. The maximum atomic E-state index is 15.5. The summed E-state index contributed by atoms with van der Waals surface area (Å²) in [6.45, 7) is 5.11. The van der Waals surface area contributed by atoms with Crippen molar-refractivity contribution in [2.24, 2.45) is 11.8 Å². The topological polar surface area (TPSA) is 65.0 Å². The Labute approximate surface area is 195 Å². The lowest BCUT2D eigenvalue weighted by molar-refractivity contribution is -0.118. The van der Waals surface area contributed by atoms with Gasteiger partial charge in [0.05, 0.1) is 16.6 Å². The van der Waals surface area contributed by atoms with Crippen LogP contribution in [0.15, 0.2) is 55.0 Å². The van der Waals surface area contributed by atoms with E-state index in [1.54, 1.807) is 20.0 Å². The van der Waals surface area contributed by atoms with Crippen molar-refractivity contribution in [3.63, 3.8) is 0 Å². The number of rotatable bonds is 4. The highest BCUT2D eigenvalue weighted by Gasteiger charge is 2.48. The SMILES string of the molecule is C[C@@H]1CN(Cc2ccccn2)C[C@H](C)C1(O)c1c(F)cc(-c2ccnc3[nH]cc(F)c23)cc1F. The molecule has 0 spiro atoms. The van der Waals surface area contributed by atoms with Gasteiger partial charge in [0.25, 0.3) is 0 Å². The minimum absolute atomic E-state index is 0.164. The van der Waals surface area contributed by atoms with Gasteiger partial charge in [-0.05, 0) is 41.5 Å². The normalized spacial score (nSPS) is 23.5. The Bertz CT molecular complexity index is 1310. The molecule has 1 saturated heterocycles. The van der Waals surface area contributed by atoms with Crippen molar-refractivity contribution >= 4 is 11.0 Å². The molecule has 0 amide bonds. The summed E-state index contributed by atoms with van der Waals surface area (Å²) in [5.74, 6) is -3.14. The fraction of sp³-hybridized carbons (Fsp3) is 0.308. The Morgan fingerprint density at radius 3 is 2.35 bits per heavy atom. The molecule has 0 saturated carbocycles. The number of aromatic nitrogens is 3. The minimum atomic E-state index is -1.69. The highest BCUT2D eigenvalue weighted by Crippen LogP contribution is 2.44. The van der Waals surface area contributed by atoms with Gasteiger partial charge in [-0.1, -0.05) is 19.9 Å². The summed E-state index contributed by atoms with van der Waals surface area (Å²) in [5.41, 5.74) is -0.336. The molecule has 176 valence electrons. The van der Waals surface area contributed by atoms with Crippen LogP contribution in [0.1, 0.15) is 25.1 Å². The molecule has 0 aliphatic carbocycles. The van der Waals surface area contributed by atoms with Gasteiger partial charge >= 0.3 is 0 Å². The molecule has 0 bridgehead atoms. The van der Waals surface area contributed by atoms with Gasteiger partial charge in [-0.25, -0.2) is 18.2 Å². The lowest BCUT2D eigenvalue weighted by Crippen LogP contribution is -2.54. The molecule has 1 aliphatic heterocycles. The molecular weight excluding hydrogens is 441 g/mol. The first-order valence-corrected chi connectivity index (χ1v) is 11.2. The van der Waals surface area contributed by atoms with Crippen LogP contribution in [-0.4, -0.2) is 38.0 Å². The van der Waals surface area contributed by atoms with E-state index in [9.17, 15) is 9.50 Å². The van der Waals surface area contributed by atoms with Gasteiger partial charge in [0.1, 0.15) is 22.9 Å². The first kappa shape index (κ1) is 22.6. The number of benzene rings is 1. The quantitative estimate of drug-likeness (QED) is 0.443. The fourth-order valence-corrected chi connectivity index (χ4v) is 5.32. The summed E-state index contributed by atoms with van der Waals surface area (Å²) in [4.78, 5) is 13.3. The van der Waals surface area contributed by atoms with Crippen LogP contribution < -0.4 is 0 Å². The van der Waals surface area contributed by atoms with Gasteiger partial charge in [-0.15, -0.1) is 0 Å². The molecule has 4 heterocycles.